The lowest BCUT2D eigenvalue weighted by Crippen LogP contribution is -2.49. The number of halogens is 1. The first-order valence-electron chi connectivity index (χ1n) is 7.83. The maximum atomic E-state index is 12.1. The number of nitrogens with one attached hydrogen (secondary N) is 1. The fourth-order valence-electron chi connectivity index (χ4n) is 2.45. The van der Waals surface area contributed by atoms with E-state index in [1.54, 1.807) is 0 Å². The Morgan fingerprint density at radius 1 is 1.54 bits per heavy atom. The Kier molecular flexibility index (Phi) is 5.71. The molecule has 24 heavy (non-hydrogen) atoms. The maximum absolute atomic E-state index is 12.1. The lowest BCUT2D eigenvalue weighted by Gasteiger charge is -2.36. The molecule has 1 aromatic heterocycles. The van der Waals surface area contributed by atoms with Gasteiger partial charge in [0.05, 0.1) is 12.6 Å². The Hall–Kier alpha value is -1.80. The normalized spacial score (nSPS) is 21.5. The molecule has 1 saturated heterocycles. The van der Waals surface area contributed by atoms with Crippen LogP contribution < -0.4 is 11.1 Å². The number of nitrogens with two attached hydrogens (primary N) is 1. The van der Waals surface area contributed by atoms with Crippen molar-refractivity contribution in [1.82, 2.24) is 14.9 Å². The number of amides is 1. The van der Waals surface area contributed by atoms with Crippen LogP contribution >= 0.6 is 11.6 Å². The van der Waals surface area contributed by atoms with E-state index < -0.39 is 17.8 Å². The lowest BCUT2D eigenvalue weighted by molar-refractivity contribution is -0.0104. The molecule has 0 aromatic carbocycles. The van der Waals surface area contributed by atoms with Gasteiger partial charge < -0.3 is 25.8 Å². The second kappa shape index (κ2) is 7.40. The second-order valence-corrected chi connectivity index (χ2v) is 7.22. The van der Waals surface area contributed by atoms with E-state index in [1.807, 2.05) is 20.8 Å². The lowest BCUT2D eigenvalue weighted by atomic mass is 9.94. The highest BCUT2D eigenvalue weighted by Crippen LogP contribution is 2.25. The quantitative estimate of drug-likeness (QED) is 0.754. The molecule has 0 unspecified atom stereocenters. The predicted octanol–water partition coefficient (Wildman–Crippen LogP) is 1.74. The van der Waals surface area contributed by atoms with Crippen molar-refractivity contribution in [3.63, 3.8) is 0 Å². The first-order chi connectivity index (χ1) is 11.2. The molecule has 2 heterocycles. The Bertz CT molecular complexity index is 593. The van der Waals surface area contributed by atoms with Crippen LogP contribution in [0.3, 0.4) is 0 Å². The third kappa shape index (κ3) is 4.85. The van der Waals surface area contributed by atoms with Gasteiger partial charge in [-0.15, -0.1) is 0 Å². The zero-order valence-corrected chi connectivity index (χ0v) is 14.9. The number of aliphatic hydroxyl groups is 1. The number of piperidine rings is 1. The summed E-state index contributed by atoms with van der Waals surface area (Å²) in [7, 11) is 0. The summed E-state index contributed by atoms with van der Waals surface area (Å²) < 4.78 is 5.33. The van der Waals surface area contributed by atoms with E-state index >= 15 is 0 Å². The molecule has 134 valence electrons. The molecule has 0 spiro atoms. The summed E-state index contributed by atoms with van der Waals surface area (Å²) in [5, 5.41) is 13.6. The molecule has 0 saturated carbocycles. The summed E-state index contributed by atoms with van der Waals surface area (Å²) in [6.45, 7) is 6.68. The molecule has 0 radical (unpaired) electrons. The summed E-state index contributed by atoms with van der Waals surface area (Å²) >= 11 is 6.03. The van der Waals surface area contributed by atoms with Crippen molar-refractivity contribution < 1.29 is 14.6 Å². The van der Waals surface area contributed by atoms with E-state index in [9.17, 15) is 9.90 Å². The van der Waals surface area contributed by atoms with E-state index in [-0.39, 0.29) is 23.3 Å². The maximum Gasteiger partial charge on any atom is 0.410 e. The molecule has 4 N–H and O–H groups in total. The number of carbonyl (C=O) groups is 1. The minimum Gasteiger partial charge on any atom is -0.444 e. The number of β-amino-alcohol motifs (C(OH)–C–C–N with tert-alkyl or cyclic N) is 1. The Morgan fingerprint density at radius 3 is 2.88 bits per heavy atom. The number of hydrogen-bond donors (Lipinski definition) is 3. The number of anilines is 2. The van der Waals surface area contributed by atoms with Gasteiger partial charge in [0, 0.05) is 19.0 Å². The molecule has 1 fully saturated rings. The molecular weight excluding hydrogens is 334 g/mol. The van der Waals surface area contributed by atoms with Crippen LogP contribution in [0, 0.1) is 5.92 Å². The molecule has 1 amide bonds. The largest absolute Gasteiger partial charge is 0.444 e. The van der Waals surface area contributed by atoms with Crippen LogP contribution in [0.5, 0.6) is 0 Å². The van der Waals surface area contributed by atoms with Gasteiger partial charge in [-0.2, -0.15) is 0 Å². The monoisotopic (exact) mass is 357 g/mol. The zero-order valence-electron chi connectivity index (χ0n) is 14.1. The van der Waals surface area contributed by atoms with Gasteiger partial charge >= 0.3 is 6.09 Å². The highest BCUT2D eigenvalue weighted by atomic mass is 35.5. The van der Waals surface area contributed by atoms with Crippen LogP contribution in [0.2, 0.25) is 5.02 Å². The number of aromatic nitrogens is 2. The number of nitrogen functional groups attached to an aromatic ring is 1. The highest BCUT2D eigenvalue weighted by molar-refractivity contribution is 6.35. The van der Waals surface area contributed by atoms with Crippen molar-refractivity contribution in [2.24, 2.45) is 5.92 Å². The Labute approximate surface area is 146 Å². The van der Waals surface area contributed by atoms with Crippen molar-refractivity contribution in [3.05, 3.63) is 11.3 Å². The smallest absolute Gasteiger partial charge is 0.410 e. The molecule has 0 bridgehead atoms. The van der Waals surface area contributed by atoms with Crippen LogP contribution in [0.15, 0.2) is 6.33 Å². The van der Waals surface area contributed by atoms with Gasteiger partial charge in [-0.1, -0.05) is 11.6 Å². The van der Waals surface area contributed by atoms with E-state index in [4.69, 9.17) is 22.1 Å². The van der Waals surface area contributed by atoms with Crippen molar-refractivity contribution in [3.8, 4) is 0 Å². The number of rotatable bonds is 3. The van der Waals surface area contributed by atoms with Crippen LogP contribution in [0.25, 0.3) is 0 Å². The molecular formula is C15H24ClN5O3. The number of aliphatic hydroxyl groups excluding tert-OH is 1. The van der Waals surface area contributed by atoms with Gasteiger partial charge in [-0.05, 0) is 27.2 Å². The standard InChI is InChI=1S/C15H24ClN5O3/c1-15(2,3)24-14(23)21-5-4-9(10(22)7-21)6-18-13-11(16)12(17)19-8-20-13/h8-10,22H,4-7H2,1-3H3,(H3,17,18,19,20)/t9-,10-/m1/s1. The summed E-state index contributed by atoms with van der Waals surface area (Å²) in [4.78, 5) is 21.4. The molecule has 9 heteroatoms. The van der Waals surface area contributed by atoms with Crippen LogP contribution in [0.1, 0.15) is 27.2 Å². The SMILES string of the molecule is CC(C)(C)OC(=O)N1CC[C@H](CNc2ncnc(N)c2Cl)[C@H](O)C1. The topological polar surface area (TPSA) is 114 Å². The van der Waals surface area contributed by atoms with Gasteiger partial charge in [0.15, 0.2) is 0 Å². The summed E-state index contributed by atoms with van der Waals surface area (Å²) in [6.07, 6.45) is 0.910. The number of nitrogens with zero attached hydrogens (tertiary/aromatic N) is 3. The number of carbonyl (C=O) groups excluding carboxylic acids is 1. The molecule has 0 aliphatic carbocycles. The molecule has 1 aromatic rings. The van der Waals surface area contributed by atoms with Gasteiger partial charge in [0.1, 0.15) is 28.6 Å². The Morgan fingerprint density at radius 2 is 2.25 bits per heavy atom. The van der Waals surface area contributed by atoms with Gasteiger partial charge in [-0.25, -0.2) is 14.8 Å². The minimum absolute atomic E-state index is 0.0315. The average molecular weight is 358 g/mol. The van der Waals surface area contributed by atoms with E-state index in [0.29, 0.717) is 25.3 Å². The highest BCUT2D eigenvalue weighted by Gasteiger charge is 2.32. The number of likely N-dealkylation sites (tertiary alicyclic amines) is 1. The predicted molar refractivity (Wildman–Crippen MR) is 91.9 cm³/mol. The molecule has 1 aliphatic rings. The van der Waals surface area contributed by atoms with E-state index in [2.05, 4.69) is 15.3 Å². The van der Waals surface area contributed by atoms with Gasteiger partial charge in [0.2, 0.25) is 0 Å². The van der Waals surface area contributed by atoms with Crippen molar-refractivity contribution >= 4 is 29.3 Å². The van der Waals surface area contributed by atoms with E-state index in [0.717, 1.165) is 0 Å². The first-order valence-corrected chi connectivity index (χ1v) is 8.21. The van der Waals surface area contributed by atoms with Gasteiger partial charge in [-0.3, -0.25) is 0 Å². The third-order valence-electron chi connectivity index (χ3n) is 3.72. The van der Waals surface area contributed by atoms with E-state index in [1.165, 1.54) is 11.2 Å². The fourth-order valence-corrected chi connectivity index (χ4v) is 2.61. The minimum atomic E-state index is -0.656. The van der Waals surface area contributed by atoms with Crippen LogP contribution in [0.4, 0.5) is 16.4 Å². The number of ether oxygens (including phenoxy) is 1. The summed E-state index contributed by atoms with van der Waals surface area (Å²) in [5.74, 6) is 0.608. The second-order valence-electron chi connectivity index (χ2n) is 6.84. The number of hydrogen-bond acceptors (Lipinski definition) is 7. The van der Waals surface area contributed by atoms with Crippen LogP contribution in [-0.4, -0.2) is 57.4 Å². The van der Waals surface area contributed by atoms with Crippen molar-refractivity contribution in [1.29, 1.82) is 0 Å². The molecule has 2 atom stereocenters. The van der Waals surface area contributed by atoms with Gasteiger partial charge in [0.25, 0.3) is 0 Å². The Balaban J connectivity index is 1.87. The molecule has 2 rings (SSSR count). The fraction of sp³-hybridized carbons (Fsp3) is 0.667. The first kappa shape index (κ1) is 18.5. The zero-order chi connectivity index (χ0) is 17.9. The van der Waals surface area contributed by atoms with Crippen LogP contribution in [-0.2, 0) is 4.74 Å². The third-order valence-corrected chi connectivity index (χ3v) is 4.09. The summed E-state index contributed by atoms with van der Waals surface area (Å²) in [6, 6.07) is 0. The summed E-state index contributed by atoms with van der Waals surface area (Å²) in [5.41, 5.74) is 5.08. The van der Waals surface area contributed by atoms with Crippen molar-refractivity contribution in [2.45, 2.75) is 38.9 Å². The van der Waals surface area contributed by atoms with Crippen molar-refractivity contribution in [2.75, 3.05) is 30.7 Å². The average Bonchev–Trinajstić information content (AvgIpc) is 2.48. The molecule has 1 aliphatic heterocycles. The molecule has 8 nitrogen and oxygen atoms in total.